The van der Waals surface area contributed by atoms with E-state index in [-0.39, 0.29) is 40.5 Å². The number of halogens is 2. The number of aliphatic hydroxyl groups excluding tert-OH is 1. The lowest BCUT2D eigenvalue weighted by Gasteiger charge is -2.13. The molecule has 0 aliphatic rings. The molecule has 0 fully saturated rings. The number of nitrogens with one attached hydrogen (secondary N) is 2. The zero-order valence-corrected chi connectivity index (χ0v) is 20.2. The number of aliphatic imine (C=N–C) groups is 1. The van der Waals surface area contributed by atoms with Crippen molar-refractivity contribution in [2.24, 2.45) is 4.99 Å². The van der Waals surface area contributed by atoms with Gasteiger partial charge in [0, 0.05) is 18.1 Å². The molecule has 0 amide bonds. The predicted molar refractivity (Wildman–Crippen MR) is 127 cm³/mol. The van der Waals surface area contributed by atoms with E-state index in [1.165, 1.54) is 6.07 Å². The van der Waals surface area contributed by atoms with Gasteiger partial charge in [0.05, 0.1) is 18.4 Å². The molecule has 6 nitrogen and oxygen atoms in total. The fraction of sp³-hybridized carbons (Fsp3) is 0.389. The van der Waals surface area contributed by atoms with E-state index in [4.69, 9.17) is 11.6 Å². The van der Waals surface area contributed by atoms with E-state index in [1.54, 1.807) is 11.4 Å². The fourth-order valence-electron chi connectivity index (χ4n) is 2.38. The van der Waals surface area contributed by atoms with Crippen LogP contribution in [0.3, 0.4) is 0 Å². The Morgan fingerprint density at radius 1 is 1.29 bits per heavy atom. The maximum atomic E-state index is 12.2. The standard InChI is InChI=1S/C18H24ClN3O3S2.HI/c1-2-20-18(21-9-8-14-5-3-6-15(19)11-14)22-12-16(23)13-27(24,25)17-7-4-10-26-17;/h3-7,10-11,16,23H,2,8-9,12-13H2,1H3,(H2,20,21,22);1H. The van der Waals surface area contributed by atoms with E-state index < -0.39 is 15.9 Å². The first-order chi connectivity index (χ1) is 12.9. The van der Waals surface area contributed by atoms with Crippen molar-refractivity contribution in [3.63, 3.8) is 0 Å². The van der Waals surface area contributed by atoms with E-state index in [9.17, 15) is 13.5 Å². The molecule has 2 rings (SSSR count). The third-order valence-corrected chi connectivity index (χ3v) is 7.13. The molecule has 1 unspecified atom stereocenters. The average Bonchev–Trinajstić information content (AvgIpc) is 3.15. The van der Waals surface area contributed by atoms with Crippen LogP contribution in [0.15, 0.2) is 51.0 Å². The molecular formula is C18H25ClIN3O3S2. The molecule has 0 aliphatic heterocycles. The van der Waals surface area contributed by atoms with Gasteiger partial charge in [-0.3, -0.25) is 4.99 Å². The summed E-state index contributed by atoms with van der Waals surface area (Å²) in [7, 11) is -3.49. The van der Waals surface area contributed by atoms with Gasteiger partial charge in [-0.15, -0.1) is 35.3 Å². The molecule has 3 N–H and O–H groups in total. The van der Waals surface area contributed by atoms with E-state index >= 15 is 0 Å². The summed E-state index contributed by atoms with van der Waals surface area (Å²) in [6.07, 6.45) is -0.305. The van der Waals surface area contributed by atoms with Gasteiger partial charge < -0.3 is 15.7 Å². The van der Waals surface area contributed by atoms with Gasteiger partial charge in [0.1, 0.15) is 4.21 Å². The molecule has 10 heteroatoms. The minimum absolute atomic E-state index is 0. The lowest BCUT2D eigenvalue weighted by atomic mass is 10.1. The Morgan fingerprint density at radius 2 is 2.07 bits per heavy atom. The highest BCUT2D eigenvalue weighted by Gasteiger charge is 2.20. The molecule has 1 heterocycles. The average molecular weight is 558 g/mol. The molecule has 0 saturated carbocycles. The highest BCUT2D eigenvalue weighted by atomic mass is 127. The molecular weight excluding hydrogens is 533 g/mol. The Hall–Kier alpha value is -0.880. The third kappa shape index (κ3) is 8.64. The number of hydrogen-bond acceptors (Lipinski definition) is 5. The van der Waals surface area contributed by atoms with Gasteiger partial charge in [-0.25, -0.2) is 8.42 Å². The van der Waals surface area contributed by atoms with Crippen molar-refractivity contribution in [1.29, 1.82) is 0 Å². The monoisotopic (exact) mass is 557 g/mol. The molecule has 1 aromatic heterocycles. The second-order valence-corrected chi connectivity index (χ2v) is 9.54. The number of thiophene rings is 1. The number of guanidine groups is 1. The smallest absolute Gasteiger partial charge is 0.191 e. The van der Waals surface area contributed by atoms with Crippen LogP contribution in [0.4, 0.5) is 0 Å². The highest BCUT2D eigenvalue weighted by Crippen LogP contribution is 2.18. The fourth-order valence-corrected chi connectivity index (χ4v) is 5.07. The Morgan fingerprint density at radius 3 is 2.71 bits per heavy atom. The molecule has 1 aromatic carbocycles. The summed E-state index contributed by atoms with van der Waals surface area (Å²) in [4.78, 5) is 4.28. The zero-order chi connectivity index (χ0) is 19.7. The molecule has 28 heavy (non-hydrogen) atoms. The number of benzene rings is 1. The summed E-state index contributed by atoms with van der Waals surface area (Å²) in [6.45, 7) is 3.23. The quantitative estimate of drug-likeness (QED) is 0.251. The van der Waals surface area contributed by atoms with E-state index in [1.807, 2.05) is 31.2 Å². The van der Waals surface area contributed by atoms with Gasteiger partial charge in [-0.05, 0) is 42.5 Å². The normalized spacial score (nSPS) is 12.9. The van der Waals surface area contributed by atoms with E-state index in [2.05, 4.69) is 15.6 Å². The lowest BCUT2D eigenvalue weighted by Crippen LogP contribution is -2.39. The van der Waals surface area contributed by atoms with Crippen LogP contribution < -0.4 is 10.6 Å². The van der Waals surface area contributed by atoms with Crippen molar-refractivity contribution in [1.82, 2.24) is 10.6 Å². The summed E-state index contributed by atoms with van der Waals surface area (Å²) in [5.41, 5.74) is 1.10. The van der Waals surface area contributed by atoms with Gasteiger partial charge in [0.15, 0.2) is 15.8 Å². The molecule has 0 aliphatic carbocycles. The first-order valence-electron chi connectivity index (χ1n) is 8.61. The topological polar surface area (TPSA) is 90.8 Å². The van der Waals surface area contributed by atoms with Crippen LogP contribution in [0.1, 0.15) is 12.5 Å². The predicted octanol–water partition coefficient (Wildman–Crippen LogP) is 2.95. The second kappa shape index (κ2) is 12.6. The van der Waals surface area contributed by atoms with Gasteiger partial charge in [-0.2, -0.15) is 0 Å². The Bertz CT molecular complexity index is 846. The minimum Gasteiger partial charge on any atom is -0.390 e. The van der Waals surface area contributed by atoms with Crippen LogP contribution in [-0.2, 0) is 16.3 Å². The number of sulfone groups is 1. The van der Waals surface area contributed by atoms with Crippen LogP contribution in [0.25, 0.3) is 0 Å². The SMILES string of the molecule is CCNC(=NCC(O)CS(=O)(=O)c1cccs1)NCCc1cccc(Cl)c1.I. The summed E-state index contributed by atoms with van der Waals surface area (Å²) >= 11 is 7.12. The van der Waals surface area contributed by atoms with Crippen molar-refractivity contribution in [3.8, 4) is 0 Å². The van der Waals surface area contributed by atoms with Crippen LogP contribution >= 0.6 is 46.9 Å². The summed E-state index contributed by atoms with van der Waals surface area (Å²) < 4.78 is 24.6. The van der Waals surface area contributed by atoms with Crippen LogP contribution in [-0.4, -0.2) is 51.0 Å². The summed E-state index contributed by atoms with van der Waals surface area (Å²) in [5, 5.41) is 18.7. The number of rotatable bonds is 9. The van der Waals surface area contributed by atoms with Crippen LogP contribution in [0.5, 0.6) is 0 Å². The second-order valence-electron chi connectivity index (χ2n) is 5.89. The maximum Gasteiger partial charge on any atom is 0.191 e. The summed E-state index contributed by atoms with van der Waals surface area (Å²) in [6, 6.07) is 10.9. The number of nitrogens with zero attached hydrogens (tertiary/aromatic N) is 1. The number of aliphatic hydroxyl groups is 1. The molecule has 156 valence electrons. The van der Waals surface area contributed by atoms with Crippen molar-refractivity contribution in [2.45, 2.75) is 23.7 Å². The van der Waals surface area contributed by atoms with E-state index in [0.29, 0.717) is 24.1 Å². The maximum absolute atomic E-state index is 12.2. The molecule has 0 saturated heterocycles. The molecule has 0 bridgehead atoms. The molecule has 0 radical (unpaired) electrons. The van der Waals surface area contributed by atoms with Crippen LogP contribution in [0, 0.1) is 0 Å². The summed E-state index contributed by atoms with van der Waals surface area (Å²) in [5.74, 6) is 0.186. The molecule has 2 aromatic rings. The third-order valence-electron chi connectivity index (χ3n) is 3.61. The minimum atomic E-state index is -3.49. The van der Waals surface area contributed by atoms with Gasteiger partial charge in [0.25, 0.3) is 0 Å². The van der Waals surface area contributed by atoms with Crippen molar-refractivity contribution in [3.05, 3.63) is 52.4 Å². The van der Waals surface area contributed by atoms with E-state index in [0.717, 1.165) is 23.3 Å². The van der Waals surface area contributed by atoms with Gasteiger partial charge >= 0.3 is 0 Å². The number of hydrogen-bond donors (Lipinski definition) is 3. The van der Waals surface area contributed by atoms with Crippen molar-refractivity contribution >= 4 is 62.7 Å². The molecule has 1 atom stereocenters. The Kier molecular flexibility index (Phi) is 11.4. The first kappa shape index (κ1) is 25.2. The van der Waals surface area contributed by atoms with Crippen molar-refractivity contribution in [2.75, 3.05) is 25.4 Å². The largest absolute Gasteiger partial charge is 0.390 e. The van der Waals surface area contributed by atoms with Crippen molar-refractivity contribution < 1.29 is 13.5 Å². The highest BCUT2D eigenvalue weighted by molar-refractivity contribution is 14.0. The zero-order valence-electron chi connectivity index (χ0n) is 15.5. The molecule has 0 spiro atoms. The van der Waals surface area contributed by atoms with Gasteiger partial charge in [0.2, 0.25) is 0 Å². The van der Waals surface area contributed by atoms with Crippen LogP contribution in [0.2, 0.25) is 5.02 Å². The first-order valence-corrected chi connectivity index (χ1v) is 11.5. The lowest BCUT2D eigenvalue weighted by molar-refractivity contribution is 0.206. The van der Waals surface area contributed by atoms with Gasteiger partial charge in [-0.1, -0.05) is 29.8 Å². The Labute approximate surface area is 192 Å². The Balaban J connectivity index is 0.00000392.